The van der Waals surface area contributed by atoms with E-state index in [0.29, 0.717) is 18.4 Å². The van der Waals surface area contributed by atoms with Crippen LogP contribution in [0.5, 0.6) is 0 Å². The van der Waals surface area contributed by atoms with Crippen molar-refractivity contribution < 1.29 is 38.7 Å². The molecule has 1 saturated heterocycles. The van der Waals surface area contributed by atoms with Crippen molar-refractivity contribution >= 4 is 41.3 Å². The van der Waals surface area contributed by atoms with Gasteiger partial charge in [-0.15, -0.1) is 0 Å². The van der Waals surface area contributed by atoms with E-state index in [4.69, 9.17) is 0 Å². The van der Waals surface area contributed by atoms with Crippen LogP contribution in [0.2, 0.25) is 0 Å². The molecule has 1 fully saturated rings. The van der Waals surface area contributed by atoms with E-state index in [1.165, 1.54) is 23.5 Å². The highest BCUT2D eigenvalue weighted by molar-refractivity contribution is 6.38. The number of rotatable bonds is 19. The molecule has 0 saturated carbocycles. The maximum Gasteiger partial charge on any atom is 0.326 e. The molecule has 6 atom stereocenters. The third kappa shape index (κ3) is 10.9. The summed E-state index contributed by atoms with van der Waals surface area (Å²) < 4.78 is 0. The van der Waals surface area contributed by atoms with Crippen LogP contribution in [-0.4, -0.2) is 98.0 Å². The first kappa shape index (κ1) is 41.2. The molecule has 5 N–H and O–H groups in total. The molecule has 2 unspecified atom stereocenters. The summed E-state index contributed by atoms with van der Waals surface area (Å²) in [5, 5.41) is 20.1. The topological polar surface area (TPSA) is 217 Å². The SMILES string of the molecule is CCCC(NC(=O)[C@@H]1C(CCC)CN1C(=O)[C@@H](NC(=O)[C@@H](NC(=O)c1cnccn1)C(C)C)C(C)C)C(=O)C(=O)N[C@@H](Cc1ccccc1)C(=O)O. The number of carbonyl (C=O) groups is 7. The summed E-state index contributed by atoms with van der Waals surface area (Å²) >= 11 is 0. The lowest BCUT2D eigenvalue weighted by molar-refractivity contribution is -0.157. The Bertz CT molecular complexity index is 1570. The van der Waals surface area contributed by atoms with Crippen LogP contribution in [0.4, 0.5) is 0 Å². The molecule has 2 aromatic rings. The van der Waals surface area contributed by atoms with Crippen molar-refractivity contribution in [2.24, 2.45) is 17.8 Å². The summed E-state index contributed by atoms with van der Waals surface area (Å²) in [4.78, 5) is 102. The van der Waals surface area contributed by atoms with Gasteiger partial charge in [0.05, 0.1) is 12.2 Å². The maximum atomic E-state index is 14.0. The van der Waals surface area contributed by atoms with Crippen molar-refractivity contribution in [1.82, 2.24) is 36.1 Å². The van der Waals surface area contributed by atoms with Gasteiger partial charge in [0, 0.05) is 31.3 Å². The van der Waals surface area contributed by atoms with Crippen LogP contribution in [-0.2, 0) is 35.2 Å². The smallest absolute Gasteiger partial charge is 0.326 e. The van der Waals surface area contributed by atoms with Crippen LogP contribution in [0, 0.1) is 17.8 Å². The number of Topliss-reactive ketones (excluding diaryl/α,β-unsaturated/α-hetero) is 1. The lowest BCUT2D eigenvalue weighted by atomic mass is 9.82. The van der Waals surface area contributed by atoms with E-state index >= 15 is 0 Å². The second-order valence-electron chi connectivity index (χ2n) is 13.8. The normalized spacial score (nSPS) is 17.6. The molecular formula is C37H51N7O8. The lowest BCUT2D eigenvalue weighted by Crippen LogP contribution is -2.69. The fourth-order valence-corrected chi connectivity index (χ4v) is 6.14. The van der Waals surface area contributed by atoms with Crippen molar-refractivity contribution in [2.45, 2.75) is 104 Å². The number of amides is 5. The van der Waals surface area contributed by atoms with Crippen molar-refractivity contribution in [3.8, 4) is 0 Å². The Kier molecular flexibility index (Phi) is 15.4. The number of nitrogens with zero attached hydrogens (tertiary/aromatic N) is 3. The summed E-state index contributed by atoms with van der Waals surface area (Å²) in [7, 11) is 0. The first-order valence-corrected chi connectivity index (χ1v) is 17.8. The molecular weight excluding hydrogens is 670 g/mol. The van der Waals surface area contributed by atoms with Gasteiger partial charge in [-0.25, -0.2) is 9.78 Å². The molecule has 1 aliphatic rings. The van der Waals surface area contributed by atoms with Crippen molar-refractivity contribution in [3.63, 3.8) is 0 Å². The quantitative estimate of drug-likeness (QED) is 0.132. The van der Waals surface area contributed by atoms with Crippen molar-refractivity contribution in [1.29, 1.82) is 0 Å². The Hall–Kier alpha value is -5.21. The molecule has 15 nitrogen and oxygen atoms in total. The average Bonchev–Trinajstić information content (AvgIpc) is 3.10. The molecule has 0 spiro atoms. The van der Waals surface area contributed by atoms with E-state index < -0.39 is 77.4 Å². The Labute approximate surface area is 304 Å². The van der Waals surface area contributed by atoms with E-state index in [1.54, 1.807) is 65.0 Å². The number of benzene rings is 1. The minimum absolute atomic E-state index is 0.0278. The van der Waals surface area contributed by atoms with E-state index in [-0.39, 0.29) is 36.9 Å². The molecule has 0 aliphatic carbocycles. The molecule has 52 heavy (non-hydrogen) atoms. The Balaban J connectivity index is 1.75. The highest BCUT2D eigenvalue weighted by Crippen LogP contribution is 2.31. The maximum absolute atomic E-state index is 14.0. The van der Waals surface area contributed by atoms with Crippen LogP contribution < -0.4 is 21.3 Å². The number of carbonyl (C=O) groups excluding carboxylic acids is 6. The summed E-state index contributed by atoms with van der Waals surface area (Å²) in [5.41, 5.74) is 0.681. The number of aliphatic carboxylic acids is 1. The Morgan fingerprint density at radius 3 is 2.08 bits per heavy atom. The minimum Gasteiger partial charge on any atom is -0.480 e. The fraction of sp³-hybridized carbons (Fsp3) is 0.541. The van der Waals surface area contributed by atoms with Gasteiger partial charge in [-0.3, -0.25) is 33.8 Å². The van der Waals surface area contributed by atoms with Gasteiger partial charge < -0.3 is 31.3 Å². The monoisotopic (exact) mass is 721 g/mol. The van der Waals surface area contributed by atoms with Crippen molar-refractivity contribution in [2.75, 3.05) is 6.54 Å². The zero-order chi connectivity index (χ0) is 38.5. The van der Waals surface area contributed by atoms with E-state index in [0.717, 1.165) is 6.42 Å². The highest BCUT2D eigenvalue weighted by Gasteiger charge is 2.49. The van der Waals surface area contributed by atoms with Gasteiger partial charge in [-0.1, -0.05) is 84.7 Å². The predicted molar refractivity (Wildman–Crippen MR) is 190 cm³/mol. The Morgan fingerprint density at radius 1 is 0.846 bits per heavy atom. The summed E-state index contributed by atoms with van der Waals surface area (Å²) in [5.74, 6) is -6.74. The first-order valence-electron chi connectivity index (χ1n) is 17.8. The molecule has 0 bridgehead atoms. The molecule has 1 aromatic carbocycles. The van der Waals surface area contributed by atoms with E-state index in [2.05, 4.69) is 31.2 Å². The summed E-state index contributed by atoms with van der Waals surface area (Å²) in [6.45, 7) is 11.0. The van der Waals surface area contributed by atoms with E-state index in [9.17, 15) is 38.7 Å². The fourth-order valence-electron chi connectivity index (χ4n) is 6.14. The number of ketones is 1. The first-order chi connectivity index (χ1) is 24.7. The molecule has 1 aliphatic heterocycles. The molecule has 5 amide bonds. The zero-order valence-corrected chi connectivity index (χ0v) is 30.6. The molecule has 1 aromatic heterocycles. The molecule has 15 heteroatoms. The lowest BCUT2D eigenvalue weighted by Gasteiger charge is -2.49. The van der Waals surface area contributed by atoms with Gasteiger partial charge in [0.25, 0.3) is 11.8 Å². The van der Waals surface area contributed by atoms with Gasteiger partial charge in [0.15, 0.2) is 0 Å². The van der Waals surface area contributed by atoms with Crippen LogP contribution in [0.1, 0.15) is 83.3 Å². The Morgan fingerprint density at radius 2 is 1.52 bits per heavy atom. The second kappa shape index (κ2) is 19.4. The molecule has 2 heterocycles. The summed E-state index contributed by atoms with van der Waals surface area (Å²) in [6.07, 6.45) is 5.86. The molecule has 3 rings (SSSR count). The van der Waals surface area contributed by atoms with Crippen LogP contribution >= 0.6 is 0 Å². The average molecular weight is 722 g/mol. The van der Waals surface area contributed by atoms with Gasteiger partial charge in [0.1, 0.15) is 29.9 Å². The number of carboxylic acid groups (broad SMARTS) is 1. The zero-order valence-electron chi connectivity index (χ0n) is 30.6. The second-order valence-corrected chi connectivity index (χ2v) is 13.8. The number of likely N-dealkylation sites (tertiary alicyclic amines) is 1. The third-order valence-electron chi connectivity index (χ3n) is 9.01. The number of aromatic nitrogens is 2. The standard InChI is InChI=1S/C37H51N7O8/c1-7-12-24-20-44(36(50)29(22(5)6)43-33(47)28(21(3)4)42-32(46)27-19-38-16-17-39-27)30(24)34(48)40-25(13-8-2)31(45)35(49)41-26(37(51)52)18-23-14-10-9-11-15-23/h9-11,14-17,19,21-22,24-26,28-30H,7-8,12-13,18,20H2,1-6H3,(H,40,48)(H,41,49)(H,42,46)(H,43,47)(H,51,52)/t24?,25?,26-,28-,29-,30-/m0/s1. The number of hydrogen-bond acceptors (Lipinski definition) is 9. The third-order valence-corrected chi connectivity index (χ3v) is 9.01. The van der Waals surface area contributed by atoms with Gasteiger partial charge in [-0.05, 0) is 30.2 Å². The van der Waals surface area contributed by atoms with Gasteiger partial charge in [0.2, 0.25) is 23.5 Å². The molecule has 282 valence electrons. The molecule has 0 radical (unpaired) electrons. The summed E-state index contributed by atoms with van der Waals surface area (Å²) in [6, 6.07) is 3.01. The largest absolute Gasteiger partial charge is 0.480 e. The number of carboxylic acids is 1. The highest BCUT2D eigenvalue weighted by atomic mass is 16.4. The van der Waals surface area contributed by atoms with Crippen LogP contribution in [0.3, 0.4) is 0 Å². The number of nitrogens with one attached hydrogen (secondary N) is 4. The van der Waals surface area contributed by atoms with Gasteiger partial charge >= 0.3 is 5.97 Å². The van der Waals surface area contributed by atoms with Crippen LogP contribution in [0.25, 0.3) is 0 Å². The van der Waals surface area contributed by atoms with Crippen LogP contribution in [0.15, 0.2) is 48.9 Å². The minimum atomic E-state index is -1.37. The predicted octanol–water partition coefficient (Wildman–Crippen LogP) is 1.67. The number of hydrogen-bond donors (Lipinski definition) is 5. The van der Waals surface area contributed by atoms with Crippen molar-refractivity contribution in [3.05, 3.63) is 60.2 Å². The van der Waals surface area contributed by atoms with Gasteiger partial charge in [-0.2, -0.15) is 0 Å². The van der Waals surface area contributed by atoms with E-state index in [1.807, 2.05) is 6.92 Å².